The second-order valence-electron chi connectivity index (χ2n) is 8.01. The van der Waals surface area contributed by atoms with Crippen LogP contribution in [0.15, 0.2) is 85.2 Å². The number of methoxy groups -OCH3 is 1. The fourth-order valence-electron chi connectivity index (χ4n) is 4.44. The molecule has 7 heteroatoms. The summed E-state index contributed by atoms with van der Waals surface area (Å²) in [4.78, 5) is 11.4. The number of thiocarbonyl (C=S) groups is 1. The zero-order chi connectivity index (χ0) is 22.8. The first-order valence-electron chi connectivity index (χ1n) is 10.9. The number of nitrogens with zero attached hydrogens (tertiary/aromatic N) is 4. The molecule has 1 aliphatic heterocycles. The summed E-state index contributed by atoms with van der Waals surface area (Å²) in [5.74, 6) is 0.831. The van der Waals surface area contributed by atoms with Crippen LogP contribution in [0.5, 0.6) is 5.75 Å². The zero-order valence-electron chi connectivity index (χ0n) is 18.6. The lowest BCUT2D eigenvalue weighted by atomic mass is 10.0. The molecule has 0 unspecified atom stereocenters. The van der Waals surface area contributed by atoms with Gasteiger partial charge in [0, 0.05) is 29.5 Å². The molecule has 4 aromatic rings. The van der Waals surface area contributed by atoms with Crippen molar-refractivity contribution in [2.45, 2.75) is 25.6 Å². The number of rotatable bonds is 6. The maximum Gasteiger partial charge on any atom is 0.170 e. The van der Waals surface area contributed by atoms with Crippen LogP contribution in [0, 0.1) is 6.92 Å². The number of hydrogen-bond acceptors (Lipinski definition) is 4. The van der Waals surface area contributed by atoms with Crippen molar-refractivity contribution < 1.29 is 4.74 Å². The van der Waals surface area contributed by atoms with Gasteiger partial charge < -0.3 is 19.5 Å². The van der Waals surface area contributed by atoms with Crippen LogP contribution in [0.3, 0.4) is 0 Å². The lowest BCUT2D eigenvalue weighted by Crippen LogP contribution is -2.30. The van der Waals surface area contributed by atoms with Crippen LogP contribution in [0.1, 0.15) is 34.9 Å². The van der Waals surface area contributed by atoms with E-state index in [1.54, 1.807) is 7.11 Å². The average Bonchev–Trinajstić information content (AvgIpc) is 3.39. The molecule has 0 spiro atoms. The van der Waals surface area contributed by atoms with Crippen LogP contribution < -0.4 is 10.1 Å². The number of nitrogens with one attached hydrogen (secondary N) is 1. The van der Waals surface area contributed by atoms with E-state index < -0.39 is 0 Å². The van der Waals surface area contributed by atoms with Crippen molar-refractivity contribution in [3.63, 3.8) is 0 Å². The minimum Gasteiger partial charge on any atom is -0.497 e. The quantitative estimate of drug-likeness (QED) is 0.423. The molecule has 2 atom stereocenters. The predicted molar refractivity (Wildman–Crippen MR) is 132 cm³/mol. The minimum absolute atomic E-state index is 0.0646. The Kier molecular flexibility index (Phi) is 5.79. The molecule has 0 bridgehead atoms. The molecule has 0 aliphatic carbocycles. The van der Waals surface area contributed by atoms with Gasteiger partial charge in [-0.3, -0.25) is 9.97 Å². The van der Waals surface area contributed by atoms with Gasteiger partial charge >= 0.3 is 0 Å². The molecule has 0 amide bonds. The third kappa shape index (κ3) is 4.07. The summed E-state index contributed by atoms with van der Waals surface area (Å²) in [6, 6.07) is 24.3. The van der Waals surface area contributed by atoms with Crippen molar-refractivity contribution in [2.75, 3.05) is 7.11 Å². The van der Waals surface area contributed by atoms with Gasteiger partial charge in [-0.1, -0.05) is 12.1 Å². The van der Waals surface area contributed by atoms with Crippen LogP contribution >= 0.6 is 12.2 Å². The first-order valence-corrected chi connectivity index (χ1v) is 11.3. The molecular formula is C26H25N5OS. The Morgan fingerprint density at radius 3 is 2.36 bits per heavy atom. The van der Waals surface area contributed by atoms with Gasteiger partial charge in [-0.25, -0.2) is 0 Å². The zero-order valence-corrected chi connectivity index (χ0v) is 19.4. The van der Waals surface area contributed by atoms with Crippen LogP contribution in [-0.2, 0) is 6.54 Å². The number of pyridine rings is 2. The molecule has 0 radical (unpaired) electrons. The van der Waals surface area contributed by atoms with Crippen molar-refractivity contribution in [3.8, 4) is 11.4 Å². The summed E-state index contributed by atoms with van der Waals surface area (Å²) >= 11 is 5.83. The molecule has 33 heavy (non-hydrogen) atoms. The molecule has 4 heterocycles. The summed E-state index contributed by atoms with van der Waals surface area (Å²) in [5.41, 5.74) is 5.27. The second kappa shape index (κ2) is 9.03. The van der Waals surface area contributed by atoms with Crippen LogP contribution in [0.2, 0.25) is 0 Å². The molecule has 1 fully saturated rings. The smallest absolute Gasteiger partial charge is 0.170 e. The standard InChI is InChI=1S/C26H25N5OS/c1-18-9-14-23(31(18)20-10-12-21(32-2)13-11-20)25-24(22-8-4-6-16-28-22)29-26(33)30(25)17-19-7-3-5-15-27-19/h3-16,24-25H,17H2,1-2H3,(H,29,33)/t24-,25-/m1/s1. The van der Waals surface area contributed by atoms with Gasteiger partial charge in [0.05, 0.1) is 37.1 Å². The van der Waals surface area contributed by atoms with Gasteiger partial charge in [-0.15, -0.1) is 0 Å². The van der Waals surface area contributed by atoms with Crippen LogP contribution in [0.4, 0.5) is 0 Å². The number of benzene rings is 1. The van der Waals surface area contributed by atoms with E-state index in [1.807, 2.05) is 60.9 Å². The molecule has 5 rings (SSSR count). The van der Waals surface area contributed by atoms with Gasteiger partial charge in [0.2, 0.25) is 0 Å². The van der Waals surface area contributed by atoms with E-state index in [1.165, 1.54) is 0 Å². The molecule has 1 aromatic carbocycles. The minimum atomic E-state index is -0.0892. The van der Waals surface area contributed by atoms with Crippen molar-refractivity contribution >= 4 is 17.3 Å². The molecule has 1 saturated heterocycles. The first kappa shape index (κ1) is 21.2. The Morgan fingerprint density at radius 2 is 1.70 bits per heavy atom. The van der Waals surface area contributed by atoms with Gasteiger partial charge in [0.1, 0.15) is 5.75 Å². The fraction of sp³-hybridized carbons (Fsp3) is 0.192. The first-order chi connectivity index (χ1) is 16.2. The molecule has 0 saturated carbocycles. The average molecular weight is 456 g/mol. The maximum atomic E-state index is 5.83. The van der Waals surface area contributed by atoms with E-state index in [9.17, 15) is 0 Å². The van der Waals surface area contributed by atoms with E-state index in [-0.39, 0.29) is 12.1 Å². The van der Waals surface area contributed by atoms with E-state index in [2.05, 4.69) is 55.9 Å². The largest absolute Gasteiger partial charge is 0.497 e. The second-order valence-corrected chi connectivity index (χ2v) is 8.40. The highest BCUT2D eigenvalue weighted by Gasteiger charge is 2.41. The molecular weight excluding hydrogens is 430 g/mol. The van der Waals surface area contributed by atoms with Crippen molar-refractivity contribution in [3.05, 3.63) is 108 Å². The van der Waals surface area contributed by atoms with Gasteiger partial charge in [0.15, 0.2) is 5.11 Å². The lowest BCUT2D eigenvalue weighted by molar-refractivity contribution is 0.299. The van der Waals surface area contributed by atoms with E-state index in [0.717, 1.165) is 34.2 Å². The Morgan fingerprint density at radius 1 is 0.939 bits per heavy atom. The third-order valence-corrected chi connectivity index (χ3v) is 6.35. The molecule has 166 valence electrons. The highest BCUT2D eigenvalue weighted by atomic mass is 32.1. The summed E-state index contributed by atoms with van der Waals surface area (Å²) in [6.45, 7) is 2.72. The normalized spacial score (nSPS) is 17.8. The van der Waals surface area contributed by atoms with Crippen molar-refractivity contribution in [1.82, 2.24) is 24.8 Å². The van der Waals surface area contributed by atoms with E-state index in [4.69, 9.17) is 17.0 Å². The third-order valence-electron chi connectivity index (χ3n) is 6.00. The lowest BCUT2D eigenvalue weighted by Gasteiger charge is -2.29. The van der Waals surface area contributed by atoms with Gasteiger partial charge in [0.25, 0.3) is 0 Å². The summed E-state index contributed by atoms with van der Waals surface area (Å²) in [5, 5.41) is 4.22. The highest BCUT2D eigenvalue weighted by molar-refractivity contribution is 7.80. The molecule has 1 N–H and O–H groups in total. The van der Waals surface area contributed by atoms with E-state index in [0.29, 0.717) is 11.7 Å². The number of aromatic nitrogens is 3. The van der Waals surface area contributed by atoms with Crippen LogP contribution in [0.25, 0.3) is 5.69 Å². The van der Waals surface area contributed by atoms with Crippen molar-refractivity contribution in [1.29, 1.82) is 0 Å². The Labute approximate surface area is 198 Å². The summed E-state index contributed by atoms with van der Waals surface area (Å²) in [7, 11) is 1.68. The van der Waals surface area contributed by atoms with E-state index >= 15 is 0 Å². The monoisotopic (exact) mass is 455 g/mol. The Bertz CT molecular complexity index is 1240. The Hall–Kier alpha value is -3.71. The van der Waals surface area contributed by atoms with Crippen LogP contribution in [-0.4, -0.2) is 31.7 Å². The molecule has 3 aromatic heterocycles. The summed E-state index contributed by atoms with van der Waals surface area (Å²) < 4.78 is 7.64. The van der Waals surface area contributed by atoms with Crippen molar-refractivity contribution in [2.24, 2.45) is 0 Å². The van der Waals surface area contributed by atoms with Gasteiger partial charge in [-0.05, 0) is 79.8 Å². The summed E-state index contributed by atoms with van der Waals surface area (Å²) in [6.07, 6.45) is 3.64. The molecule has 6 nitrogen and oxygen atoms in total. The number of aryl methyl sites for hydroxylation is 1. The topological polar surface area (TPSA) is 55.2 Å². The number of hydrogen-bond donors (Lipinski definition) is 1. The maximum absolute atomic E-state index is 5.83. The Balaban J connectivity index is 1.62. The number of ether oxygens (including phenoxy) is 1. The molecule has 1 aliphatic rings. The predicted octanol–water partition coefficient (Wildman–Crippen LogP) is 4.76. The SMILES string of the molecule is COc1ccc(-n2c(C)ccc2[C@@H]2[C@@H](c3ccccn3)NC(=S)N2Cc2ccccn2)cc1. The van der Waals surface area contributed by atoms with Gasteiger partial charge in [-0.2, -0.15) is 0 Å². The fourth-order valence-corrected chi connectivity index (χ4v) is 4.74. The highest BCUT2D eigenvalue weighted by Crippen LogP contribution is 2.41.